The maximum atomic E-state index is 5.16. The van der Waals surface area contributed by atoms with Gasteiger partial charge in [-0.15, -0.1) is 0 Å². The lowest BCUT2D eigenvalue weighted by Gasteiger charge is -1.80. The van der Waals surface area contributed by atoms with Crippen LogP contribution in [0, 0.1) is 0 Å². The van der Waals surface area contributed by atoms with Gasteiger partial charge in [0.25, 0.3) is 0 Å². The number of nitrogens with zero attached hydrogens (tertiary/aromatic N) is 2. The van der Waals surface area contributed by atoms with Gasteiger partial charge in [0.2, 0.25) is 0 Å². The fraction of sp³-hybridized carbons (Fsp3) is 0. The SMILES string of the molecule is Brc1cc2ncncc2o1. The molecule has 0 fully saturated rings. The van der Waals surface area contributed by atoms with Gasteiger partial charge in [-0.3, -0.25) is 0 Å². The molecular formula is C6H3BrN2O. The molecule has 0 saturated heterocycles. The molecule has 10 heavy (non-hydrogen) atoms. The Morgan fingerprint density at radius 1 is 1.50 bits per heavy atom. The fourth-order valence-electron chi connectivity index (χ4n) is 0.755. The molecule has 0 spiro atoms. The van der Waals surface area contributed by atoms with E-state index in [-0.39, 0.29) is 0 Å². The maximum absolute atomic E-state index is 5.16. The highest BCUT2D eigenvalue weighted by atomic mass is 79.9. The standard InChI is InChI=1S/C6H3BrN2O/c7-6-1-4-5(10-6)2-8-3-9-4/h1-3H. The van der Waals surface area contributed by atoms with Crippen LogP contribution in [-0.2, 0) is 0 Å². The van der Waals surface area contributed by atoms with Crippen LogP contribution in [0.2, 0.25) is 0 Å². The van der Waals surface area contributed by atoms with Crippen LogP contribution in [-0.4, -0.2) is 9.97 Å². The summed E-state index contributed by atoms with van der Waals surface area (Å²) >= 11 is 3.19. The molecule has 0 saturated carbocycles. The smallest absolute Gasteiger partial charge is 0.172 e. The summed E-state index contributed by atoms with van der Waals surface area (Å²) in [5.41, 5.74) is 1.52. The second kappa shape index (κ2) is 2.05. The average molecular weight is 199 g/mol. The van der Waals surface area contributed by atoms with Crippen molar-refractivity contribution in [2.24, 2.45) is 0 Å². The number of hydrogen-bond acceptors (Lipinski definition) is 3. The van der Waals surface area contributed by atoms with Gasteiger partial charge >= 0.3 is 0 Å². The van der Waals surface area contributed by atoms with Crippen molar-refractivity contribution < 1.29 is 4.42 Å². The van der Waals surface area contributed by atoms with E-state index in [1.807, 2.05) is 0 Å². The van der Waals surface area contributed by atoms with Crippen LogP contribution in [0.1, 0.15) is 0 Å². The van der Waals surface area contributed by atoms with Crippen LogP contribution < -0.4 is 0 Å². The molecule has 0 atom stereocenters. The molecule has 0 bridgehead atoms. The zero-order chi connectivity index (χ0) is 6.97. The minimum Gasteiger partial charge on any atom is -0.446 e. The van der Waals surface area contributed by atoms with Gasteiger partial charge in [-0.1, -0.05) is 0 Å². The van der Waals surface area contributed by atoms with Crippen molar-refractivity contribution >= 4 is 27.0 Å². The summed E-state index contributed by atoms with van der Waals surface area (Å²) < 4.78 is 5.84. The summed E-state index contributed by atoms with van der Waals surface area (Å²) in [5, 5.41) is 0. The molecule has 2 rings (SSSR count). The summed E-state index contributed by atoms with van der Waals surface area (Å²) in [6, 6.07) is 1.80. The van der Waals surface area contributed by atoms with Gasteiger partial charge in [0.15, 0.2) is 10.3 Å². The lowest BCUT2D eigenvalue weighted by atomic mass is 10.5. The number of aromatic nitrogens is 2. The summed E-state index contributed by atoms with van der Waals surface area (Å²) in [5.74, 6) is 0. The van der Waals surface area contributed by atoms with Crippen molar-refractivity contribution in [2.45, 2.75) is 0 Å². The van der Waals surface area contributed by atoms with Gasteiger partial charge in [0.1, 0.15) is 11.8 Å². The van der Waals surface area contributed by atoms with Crippen LogP contribution in [0.3, 0.4) is 0 Å². The summed E-state index contributed by atoms with van der Waals surface area (Å²) in [6.07, 6.45) is 3.12. The molecule has 0 unspecified atom stereocenters. The van der Waals surface area contributed by atoms with E-state index in [9.17, 15) is 0 Å². The topological polar surface area (TPSA) is 38.9 Å². The second-order valence-electron chi connectivity index (χ2n) is 1.82. The molecule has 3 nitrogen and oxygen atoms in total. The third-order valence-corrected chi connectivity index (χ3v) is 1.56. The van der Waals surface area contributed by atoms with Crippen LogP contribution in [0.25, 0.3) is 11.1 Å². The van der Waals surface area contributed by atoms with Crippen molar-refractivity contribution in [3.63, 3.8) is 0 Å². The first-order valence-electron chi connectivity index (χ1n) is 2.71. The highest BCUT2D eigenvalue weighted by molar-refractivity contribution is 9.10. The molecule has 4 heteroatoms. The molecule has 2 heterocycles. The van der Waals surface area contributed by atoms with Crippen LogP contribution in [0.5, 0.6) is 0 Å². The van der Waals surface area contributed by atoms with Crippen molar-refractivity contribution in [3.05, 3.63) is 23.3 Å². The van der Waals surface area contributed by atoms with E-state index in [1.165, 1.54) is 6.33 Å². The first-order chi connectivity index (χ1) is 4.86. The third-order valence-electron chi connectivity index (χ3n) is 1.17. The highest BCUT2D eigenvalue weighted by Crippen LogP contribution is 2.19. The summed E-state index contributed by atoms with van der Waals surface area (Å²) in [7, 11) is 0. The van der Waals surface area contributed by atoms with E-state index in [2.05, 4.69) is 25.9 Å². The number of furan rings is 1. The van der Waals surface area contributed by atoms with Gasteiger partial charge in [0.05, 0.1) is 6.20 Å². The first-order valence-corrected chi connectivity index (χ1v) is 3.50. The molecule has 0 aromatic carbocycles. The number of halogens is 1. The number of rotatable bonds is 0. The molecular weight excluding hydrogens is 196 g/mol. The fourth-order valence-corrected chi connectivity index (χ4v) is 1.15. The van der Waals surface area contributed by atoms with Gasteiger partial charge in [-0.2, -0.15) is 0 Å². The molecule has 0 aliphatic heterocycles. The van der Waals surface area contributed by atoms with E-state index in [0.29, 0.717) is 10.3 Å². The predicted molar refractivity (Wildman–Crippen MR) is 39.5 cm³/mol. The van der Waals surface area contributed by atoms with E-state index in [4.69, 9.17) is 4.42 Å². The molecule has 0 N–H and O–H groups in total. The summed E-state index contributed by atoms with van der Waals surface area (Å²) in [6.45, 7) is 0. The Kier molecular flexibility index (Phi) is 1.20. The normalized spacial score (nSPS) is 10.5. The Morgan fingerprint density at radius 3 is 3.20 bits per heavy atom. The molecule has 2 aromatic heterocycles. The monoisotopic (exact) mass is 198 g/mol. The van der Waals surface area contributed by atoms with Crippen LogP contribution in [0.15, 0.2) is 27.7 Å². The van der Waals surface area contributed by atoms with Crippen molar-refractivity contribution in [2.75, 3.05) is 0 Å². The molecule has 0 aliphatic rings. The molecule has 0 radical (unpaired) electrons. The van der Waals surface area contributed by atoms with Gasteiger partial charge < -0.3 is 4.42 Å². The van der Waals surface area contributed by atoms with E-state index in [0.717, 1.165) is 5.52 Å². The molecule has 2 aromatic rings. The molecule has 50 valence electrons. The lowest BCUT2D eigenvalue weighted by Crippen LogP contribution is -1.72. The van der Waals surface area contributed by atoms with Crippen molar-refractivity contribution in [1.82, 2.24) is 9.97 Å². The molecule has 0 aliphatic carbocycles. The zero-order valence-corrected chi connectivity index (χ0v) is 6.50. The summed E-state index contributed by atoms with van der Waals surface area (Å²) in [4.78, 5) is 7.77. The highest BCUT2D eigenvalue weighted by Gasteiger charge is 1.99. The minimum absolute atomic E-state index is 0.683. The van der Waals surface area contributed by atoms with Gasteiger partial charge in [0, 0.05) is 6.07 Å². The minimum atomic E-state index is 0.683. The Morgan fingerprint density at radius 2 is 2.40 bits per heavy atom. The average Bonchev–Trinajstić information content (AvgIpc) is 2.27. The second-order valence-corrected chi connectivity index (χ2v) is 2.60. The van der Waals surface area contributed by atoms with E-state index < -0.39 is 0 Å². The third kappa shape index (κ3) is 0.806. The van der Waals surface area contributed by atoms with Crippen LogP contribution in [0.4, 0.5) is 0 Å². The predicted octanol–water partition coefficient (Wildman–Crippen LogP) is 1.99. The van der Waals surface area contributed by atoms with E-state index >= 15 is 0 Å². The largest absolute Gasteiger partial charge is 0.446 e. The maximum Gasteiger partial charge on any atom is 0.172 e. The van der Waals surface area contributed by atoms with Gasteiger partial charge in [-0.05, 0) is 15.9 Å². The number of fused-ring (bicyclic) bond motifs is 1. The Balaban J connectivity index is 2.88. The van der Waals surface area contributed by atoms with Crippen LogP contribution >= 0.6 is 15.9 Å². The first kappa shape index (κ1) is 5.85. The Labute approximate surface area is 65.2 Å². The van der Waals surface area contributed by atoms with E-state index in [1.54, 1.807) is 12.3 Å². The zero-order valence-electron chi connectivity index (χ0n) is 4.91. The Hall–Kier alpha value is -0.900. The molecule has 0 amide bonds. The number of hydrogen-bond donors (Lipinski definition) is 0. The van der Waals surface area contributed by atoms with Gasteiger partial charge in [-0.25, -0.2) is 9.97 Å². The Bertz CT molecular complexity index is 324. The quantitative estimate of drug-likeness (QED) is 0.651. The van der Waals surface area contributed by atoms with Crippen molar-refractivity contribution in [3.8, 4) is 0 Å². The van der Waals surface area contributed by atoms with Crippen molar-refractivity contribution in [1.29, 1.82) is 0 Å². The lowest BCUT2D eigenvalue weighted by molar-refractivity contribution is 0.585.